The summed E-state index contributed by atoms with van der Waals surface area (Å²) in [4.78, 5) is 29.1. The number of carbonyl (C=O) groups excluding carboxylic acids is 2. The third kappa shape index (κ3) is 6.60. The maximum Gasteiger partial charge on any atom is 0.324 e. The second-order valence-corrected chi connectivity index (χ2v) is 6.75. The molecule has 3 amide bonds. The summed E-state index contributed by atoms with van der Waals surface area (Å²) in [5.41, 5.74) is 0. The molecule has 140 valence electrons. The number of thiophene rings is 1. The van der Waals surface area contributed by atoms with Crippen molar-refractivity contribution < 1.29 is 14.7 Å². The molecular formula is C14H21ClIN5O3S. The van der Waals surface area contributed by atoms with Gasteiger partial charge in [-0.15, -0.1) is 35.3 Å². The number of nitrogens with one attached hydrogen (secondary N) is 3. The molecule has 0 saturated carbocycles. The van der Waals surface area contributed by atoms with Crippen molar-refractivity contribution in [2.45, 2.75) is 13.0 Å². The lowest BCUT2D eigenvalue weighted by Crippen LogP contribution is -2.43. The number of aliphatic hydroxyl groups excluding tert-OH is 1. The Kier molecular flexibility index (Phi) is 9.46. The molecular weight excluding hydrogens is 481 g/mol. The van der Waals surface area contributed by atoms with Gasteiger partial charge in [-0.3, -0.25) is 14.7 Å². The molecule has 2 rings (SSSR count). The fourth-order valence-corrected chi connectivity index (χ4v) is 3.12. The first kappa shape index (κ1) is 21.9. The van der Waals surface area contributed by atoms with Gasteiger partial charge in [-0.05, 0) is 19.1 Å². The number of aliphatic imine (C=N–C) groups is 1. The van der Waals surface area contributed by atoms with Crippen molar-refractivity contribution in [3.8, 4) is 0 Å². The number of guanidine groups is 1. The van der Waals surface area contributed by atoms with E-state index in [4.69, 9.17) is 11.6 Å². The van der Waals surface area contributed by atoms with Gasteiger partial charge in [-0.2, -0.15) is 0 Å². The Labute approximate surface area is 172 Å². The Morgan fingerprint density at radius 3 is 2.80 bits per heavy atom. The molecule has 0 spiro atoms. The smallest absolute Gasteiger partial charge is 0.324 e. The molecule has 11 heteroatoms. The van der Waals surface area contributed by atoms with Crippen LogP contribution in [0, 0.1) is 0 Å². The fraction of sp³-hybridized carbons (Fsp3) is 0.500. The monoisotopic (exact) mass is 501 g/mol. The molecule has 0 bridgehead atoms. The van der Waals surface area contributed by atoms with E-state index in [0.29, 0.717) is 23.4 Å². The van der Waals surface area contributed by atoms with E-state index in [-0.39, 0.29) is 55.5 Å². The van der Waals surface area contributed by atoms with Crippen molar-refractivity contribution in [3.63, 3.8) is 0 Å². The average Bonchev–Trinajstić information content (AvgIpc) is 3.12. The Hall–Kier alpha value is -1.11. The van der Waals surface area contributed by atoms with Gasteiger partial charge in [0, 0.05) is 24.5 Å². The lowest BCUT2D eigenvalue weighted by atomic mass is 10.3. The van der Waals surface area contributed by atoms with Crippen LogP contribution >= 0.6 is 46.9 Å². The SMILES string of the molecule is CCNC(=NCC(O)c1ccc(Cl)s1)NCCN1C(=O)CNC1=O.I. The number of carbonyl (C=O) groups is 2. The van der Waals surface area contributed by atoms with Gasteiger partial charge in [0.1, 0.15) is 6.10 Å². The van der Waals surface area contributed by atoms with E-state index < -0.39 is 6.10 Å². The molecule has 0 radical (unpaired) electrons. The number of halogens is 2. The zero-order valence-corrected chi connectivity index (χ0v) is 17.5. The summed E-state index contributed by atoms with van der Waals surface area (Å²) in [7, 11) is 0. The fourth-order valence-electron chi connectivity index (χ4n) is 2.08. The molecule has 0 aliphatic carbocycles. The third-order valence-corrected chi connectivity index (χ3v) is 4.59. The lowest BCUT2D eigenvalue weighted by Gasteiger charge is -2.15. The molecule has 1 fully saturated rings. The number of nitrogens with zero attached hydrogens (tertiary/aromatic N) is 2. The molecule has 1 unspecified atom stereocenters. The first-order valence-electron chi connectivity index (χ1n) is 7.55. The van der Waals surface area contributed by atoms with Crippen LogP contribution < -0.4 is 16.0 Å². The Balaban J connectivity index is 0.00000312. The Morgan fingerprint density at radius 1 is 1.48 bits per heavy atom. The summed E-state index contributed by atoms with van der Waals surface area (Å²) in [6, 6.07) is 3.12. The standard InChI is InChI=1S/C14H20ClN5O3S.HI/c1-2-16-13(17-5-6-20-12(22)8-19-14(20)23)18-7-9(21)10-3-4-11(15)24-10;/h3-4,9,21H,2,5-8H2,1H3,(H,19,23)(H2,16,17,18);1H. The van der Waals surface area contributed by atoms with Crippen molar-refractivity contribution in [2.24, 2.45) is 4.99 Å². The highest BCUT2D eigenvalue weighted by molar-refractivity contribution is 14.0. The van der Waals surface area contributed by atoms with Crippen molar-refractivity contribution >= 4 is 64.8 Å². The quantitative estimate of drug-likeness (QED) is 0.194. The summed E-state index contributed by atoms with van der Waals surface area (Å²) in [5.74, 6) is 0.264. The largest absolute Gasteiger partial charge is 0.386 e. The van der Waals surface area contributed by atoms with Gasteiger partial charge in [-0.1, -0.05) is 11.6 Å². The first-order valence-corrected chi connectivity index (χ1v) is 8.74. The maximum atomic E-state index is 11.5. The third-order valence-electron chi connectivity index (χ3n) is 3.25. The first-order chi connectivity index (χ1) is 11.5. The van der Waals surface area contributed by atoms with Crippen molar-refractivity contribution in [1.29, 1.82) is 0 Å². The highest BCUT2D eigenvalue weighted by atomic mass is 127. The highest BCUT2D eigenvalue weighted by Gasteiger charge is 2.27. The van der Waals surface area contributed by atoms with Gasteiger partial charge in [-0.25, -0.2) is 4.79 Å². The predicted octanol–water partition coefficient (Wildman–Crippen LogP) is 1.16. The van der Waals surface area contributed by atoms with Gasteiger partial charge in [0.2, 0.25) is 5.91 Å². The summed E-state index contributed by atoms with van der Waals surface area (Å²) in [6.45, 7) is 3.40. The number of urea groups is 1. The zero-order chi connectivity index (χ0) is 17.5. The van der Waals surface area contributed by atoms with Crippen LogP contribution in [0.2, 0.25) is 4.34 Å². The number of amides is 3. The van der Waals surface area contributed by atoms with E-state index in [9.17, 15) is 14.7 Å². The summed E-state index contributed by atoms with van der Waals surface area (Å²) in [6.07, 6.45) is -0.733. The molecule has 1 aliphatic rings. The van der Waals surface area contributed by atoms with E-state index in [1.165, 1.54) is 11.3 Å². The lowest BCUT2D eigenvalue weighted by molar-refractivity contribution is -0.124. The topological polar surface area (TPSA) is 106 Å². The number of hydrogen-bond acceptors (Lipinski definition) is 5. The van der Waals surface area contributed by atoms with Gasteiger partial charge in [0.25, 0.3) is 0 Å². The van der Waals surface area contributed by atoms with Crippen molar-refractivity contribution in [2.75, 3.05) is 32.7 Å². The van der Waals surface area contributed by atoms with Gasteiger partial charge in [0.05, 0.1) is 17.4 Å². The maximum absolute atomic E-state index is 11.5. The van der Waals surface area contributed by atoms with Crippen LogP contribution in [0.1, 0.15) is 17.9 Å². The zero-order valence-electron chi connectivity index (χ0n) is 13.6. The van der Waals surface area contributed by atoms with Crippen LogP contribution in [0.15, 0.2) is 17.1 Å². The van der Waals surface area contributed by atoms with E-state index in [2.05, 4.69) is 20.9 Å². The van der Waals surface area contributed by atoms with E-state index in [0.717, 1.165) is 9.78 Å². The van der Waals surface area contributed by atoms with E-state index in [1.54, 1.807) is 12.1 Å². The molecule has 2 heterocycles. The van der Waals surface area contributed by atoms with E-state index in [1.807, 2.05) is 6.92 Å². The summed E-state index contributed by atoms with van der Waals surface area (Å²) in [5, 5.41) is 18.6. The van der Waals surface area contributed by atoms with Crippen molar-refractivity contribution in [3.05, 3.63) is 21.3 Å². The van der Waals surface area contributed by atoms with Crippen molar-refractivity contribution in [1.82, 2.24) is 20.9 Å². The molecule has 1 saturated heterocycles. The molecule has 8 nitrogen and oxygen atoms in total. The molecule has 25 heavy (non-hydrogen) atoms. The van der Waals surface area contributed by atoms with Crippen LogP contribution in [0.5, 0.6) is 0 Å². The molecule has 1 aromatic heterocycles. The van der Waals surface area contributed by atoms with Crippen LogP contribution in [0.3, 0.4) is 0 Å². The van der Waals surface area contributed by atoms with Gasteiger partial charge < -0.3 is 21.1 Å². The van der Waals surface area contributed by atoms with E-state index >= 15 is 0 Å². The second kappa shape index (κ2) is 10.8. The molecule has 1 aliphatic heterocycles. The van der Waals surface area contributed by atoms with Crippen LogP contribution in [0.25, 0.3) is 0 Å². The second-order valence-electron chi connectivity index (χ2n) is 5.01. The normalized spacial score (nSPS) is 15.6. The number of hydrogen-bond donors (Lipinski definition) is 4. The van der Waals surface area contributed by atoms with Gasteiger partial charge in [0.15, 0.2) is 5.96 Å². The molecule has 1 aromatic rings. The minimum absolute atomic E-state index is 0. The van der Waals surface area contributed by atoms with Crippen LogP contribution in [-0.2, 0) is 4.79 Å². The average molecular weight is 502 g/mol. The molecule has 1 atom stereocenters. The Morgan fingerprint density at radius 2 is 2.24 bits per heavy atom. The van der Waals surface area contributed by atoms with Crippen LogP contribution in [0.4, 0.5) is 4.79 Å². The summed E-state index contributed by atoms with van der Waals surface area (Å²) < 4.78 is 0.617. The summed E-state index contributed by atoms with van der Waals surface area (Å²) >= 11 is 7.17. The van der Waals surface area contributed by atoms with Crippen LogP contribution in [-0.4, -0.2) is 60.6 Å². The molecule has 4 N–H and O–H groups in total. The highest BCUT2D eigenvalue weighted by Crippen LogP contribution is 2.26. The molecule has 0 aromatic carbocycles. The number of aliphatic hydroxyl groups is 1. The Bertz CT molecular complexity index is 611. The minimum atomic E-state index is -0.733. The predicted molar refractivity (Wildman–Crippen MR) is 109 cm³/mol. The number of rotatable bonds is 7. The minimum Gasteiger partial charge on any atom is -0.386 e. The van der Waals surface area contributed by atoms with Gasteiger partial charge >= 0.3 is 6.03 Å². The number of imide groups is 1.